The number of aromatic nitrogens is 1. The van der Waals surface area contributed by atoms with Crippen molar-refractivity contribution in [3.05, 3.63) is 51.6 Å². The highest BCUT2D eigenvalue weighted by Crippen LogP contribution is 2.31. The smallest absolute Gasteiger partial charge is 0.219 e. The number of aliphatic hydroxyl groups excluding tert-OH is 1. The zero-order valence-electron chi connectivity index (χ0n) is 9.60. The summed E-state index contributed by atoms with van der Waals surface area (Å²) in [7, 11) is 0. The molecule has 0 radical (unpaired) electrons. The van der Waals surface area contributed by atoms with Crippen LogP contribution in [-0.4, -0.2) is 10.1 Å². The van der Waals surface area contributed by atoms with Crippen molar-refractivity contribution < 1.29 is 9.84 Å². The van der Waals surface area contributed by atoms with Crippen LogP contribution in [0.2, 0.25) is 5.02 Å². The molecular weight excluding hydrogens is 318 g/mol. The van der Waals surface area contributed by atoms with Gasteiger partial charge in [-0.2, -0.15) is 0 Å². The van der Waals surface area contributed by atoms with E-state index >= 15 is 0 Å². The van der Waals surface area contributed by atoms with E-state index in [1.165, 1.54) is 0 Å². The number of rotatable bonds is 3. The molecule has 1 aromatic heterocycles. The molecular formula is C13H11BrClNO2. The van der Waals surface area contributed by atoms with E-state index in [-0.39, 0.29) is 0 Å². The molecule has 0 unspecified atom stereocenters. The van der Waals surface area contributed by atoms with Gasteiger partial charge in [0.25, 0.3) is 0 Å². The molecule has 0 saturated carbocycles. The molecule has 18 heavy (non-hydrogen) atoms. The van der Waals surface area contributed by atoms with Gasteiger partial charge in [0.15, 0.2) is 0 Å². The molecule has 1 N–H and O–H groups in total. The van der Waals surface area contributed by atoms with Gasteiger partial charge in [-0.1, -0.05) is 11.6 Å². The van der Waals surface area contributed by atoms with E-state index < -0.39 is 6.10 Å². The van der Waals surface area contributed by atoms with Crippen LogP contribution in [0.3, 0.4) is 0 Å². The van der Waals surface area contributed by atoms with Crippen molar-refractivity contribution in [2.75, 3.05) is 0 Å². The number of hydrogen-bond acceptors (Lipinski definition) is 3. The summed E-state index contributed by atoms with van der Waals surface area (Å²) in [5.74, 6) is 1.10. The Morgan fingerprint density at radius 3 is 2.67 bits per heavy atom. The number of benzene rings is 1. The number of aliphatic hydroxyl groups is 1. The number of pyridine rings is 1. The van der Waals surface area contributed by atoms with Crippen LogP contribution in [0.25, 0.3) is 0 Å². The Kier molecular flexibility index (Phi) is 4.22. The first-order valence-corrected chi connectivity index (χ1v) is 6.50. The molecule has 1 aromatic carbocycles. The molecule has 0 aliphatic carbocycles. The molecule has 2 rings (SSSR count). The maximum atomic E-state index is 9.38. The molecule has 1 heterocycles. The van der Waals surface area contributed by atoms with Gasteiger partial charge in [0.1, 0.15) is 5.75 Å². The van der Waals surface area contributed by atoms with E-state index in [0.29, 0.717) is 16.7 Å². The van der Waals surface area contributed by atoms with E-state index in [9.17, 15) is 5.11 Å². The highest BCUT2D eigenvalue weighted by Gasteiger charge is 2.06. The Labute approximate surface area is 119 Å². The summed E-state index contributed by atoms with van der Waals surface area (Å²) < 4.78 is 6.36. The molecule has 0 spiro atoms. The summed E-state index contributed by atoms with van der Waals surface area (Å²) in [6.45, 7) is 1.69. The first-order chi connectivity index (χ1) is 8.56. The molecule has 2 aromatic rings. The van der Waals surface area contributed by atoms with Gasteiger partial charge < -0.3 is 9.84 Å². The van der Waals surface area contributed by atoms with Gasteiger partial charge >= 0.3 is 0 Å². The topological polar surface area (TPSA) is 42.4 Å². The lowest BCUT2D eigenvalue weighted by Gasteiger charge is -2.08. The molecule has 3 nitrogen and oxygen atoms in total. The van der Waals surface area contributed by atoms with Crippen molar-refractivity contribution in [2.45, 2.75) is 13.0 Å². The van der Waals surface area contributed by atoms with Gasteiger partial charge in [-0.3, -0.25) is 0 Å². The van der Waals surface area contributed by atoms with Crippen LogP contribution < -0.4 is 4.74 Å². The predicted molar refractivity (Wildman–Crippen MR) is 74.1 cm³/mol. The zero-order chi connectivity index (χ0) is 13.1. The Hall–Kier alpha value is -1.10. The standard InChI is InChI=1S/C13H11BrClNO2/c1-8(17)9-2-5-13(16-7-9)18-12-4-3-10(15)6-11(12)14/h2-8,17H,1H3/t8-/m1/s1. The number of hydrogen-bond donors (Lipinski definition) is 1. The lowest BCUT2D eigenvalue weighted by molar-refractivity contribution is 0.198. The van der Waals surface area contributed by atoms with E-state index in [2.05, 4.69) is 20.9 Å². The van der Waals surface area contributed by atoms with Gasteiger partial charge in [-0.15, -0.1) is 0 Å². The molecule has 0 bridgehead atoms. The van der Waals surface area contributed by atoms with Crippen molar-refractivity contribution in [3.8, 4) is 11.6 Å². The minimum atomic E-state index is -0.534. The van der Waals surface area contributed by atoms with Crippen LogP contribution in [0.1, 0.15) is 18.6 Å². The van der Waals surface area contributed by atoms with Crippen LogP contribution in [0.15, 0.2) is 41.0 Å². The van der Waals surface area contributed by atoms with Crippen LogP contribution in [0, 0.1) is 0 Å². The second-order valence-electron chi connectivity index (χ2n) is 3.78. The van der Waals surface area contributed by atoms with Crippen molar-refractivity contribution in [1.82, 2.24) is 4.98 Å². The zero-order valence-corrected chi connectivity index (χ0v) is 11.9. The van der Waals surface area contributed by atoms with Gasteiger partial charge in [0, 0.05) is 17.3 Å². The maximum absolute atomic E-state index is 9.38. The Balaban J connectivity index is 2.18. The second kappa shape index (κ2) is 5.69. The Bertz CT molecular complexity index is 543. The van der Waals surface area contributed by atoms with E-state index in [1.807, 2.05) is 0 Å². The SMILES string of the molecule is C[C@@H](O)c1ccc(Oc2ccc(Cl)cc2Br)nc1. The van der Waals surface area contributed by atoms with Gasteiger partial charge in [-0.25, -0.2) is 4.98 Å². The molecule has 0 aliphatic heterocycles. The van der Waals surface area contributed by atoms with E-state index in [4.69, 9.17) is 16.3 Å². The van der Waals surface area contributed by atoms with Crippen molar-refractivity contribution in [2.24, 2.45) is 0 Å². The highest BCUT2D eigenvalue weighted by atomic mass is 79.9. The first-order valence-electron chi connectivity index (χ1n) is 5.33. The van der Waals surface area contributed by atoms with Crippen LogP contribution in [-0.2, 0) is 0 Å². The molecule has 1 atom stereocenters. The number of halogens is 2. The molecule has 0 fully saturated rings. The minimum absolute atomic E-state index is 0.461. The third kappa shape index (κ3) is 3.22. The number of nitrogens with zero attached hydrogens (tertiary/aromatic N) is 1. The molecule has 0 aliphatic rings. The summed E-state index contributed by atoms with van der Waals surface area (Å²) in [5, 5.41) is 10.0. The van der Waals surface area contributed by atoms with Crippen molar-refractivity contribution >= 4 is 27.5 Å². The lowest BCUT2D eigenvalue weighted by atomic mass is 10.2. The predicted octanol–water partition coefficient (Wildman–Crippen LogP) is 4.34. The molecule has 0 amide bonds. The van der Waals surface area contributed by atoms with Gasteiger partial charge in [0.2, 0.25) is 5.88 Å². The fraction of sp³-hybridized carbons (Fsp3) is 0.154. The summed E-state index contributed by atoms with van der Waals surface area (Å²) in [5.41, 5.74) is 0.748. The maximum Gasteiger partial charge on any atom is 0.219 e. The quantitative estimate of drug-likeness (QED) is 0.911. The van der Waals surface area contributed by atoms with E-state index in [0.717, 1.165) is 10.0 Å². The minimum Gasteiger partial charge on any atom is -0.438 e. The second-order valence-corrected chi connectivity index (χ2v) is 5.07. The molecule has 94 valence electrons. The van der Waals surface area contributed by atoms with Crippen LogP contribution in [0.4, 0.5) is 0 Å². The normalized spacial score (nSPS) is 12.2. The summed E-state index contributed by atoms with van der Waals surface area (Å²) in [6, 6.07) is 8.74. The largest absolute Gasteiger partial charge is 0.438 e. The van der Waals surface area contributed by atoms with Crippen LogP contribution >= 0.6 is 27.5 Å². The Morgan fingerprint density at radius 2 is 2.11 bits per heavy atom. The van der Waals surface area contributed by atoms with Crippen molar-refractivity contribution in [3.63, 3.8) is 0 Å². The van der Waals surface area contributed by atoms with Gasteiger partial charge in [0.05, 0.1) is 10.6 Å². The van der Waals surface area contributed by atoms with Crippen molar-refractivity contribution in [1.29, 1.82) is 0 Å². The highest BCUT2D eigenvalue weighted by molar-refractivity contribution is 9.10. The summed E-state index contributed by atoms with van der Waals surface area (Å²) in [4.78, 5) is 4.12. The average molecular weight is 329 g/mol. The third-order valence-electron chi connectivity index (χ3n) is 2.35. The molecule has 0 saturated heterocycles. The number of ether oxygens (including phenoxy) is 1. The molecule has 5 heteroatoms. The summed E-state index contributed by atoms with van der Waals surface area (Å²) >= 11 is 9.21. The fourth-order valence-electron chi connectivity index (χ4n) is 1.37. The summed E-state index contributed by atoms with van der Waals surface area (Å²) in [6.07, 6.45) is 1.05. The van der Waals surface area contributed by atoms with E-state index in [1.54, 1.807) is 43.5 Å². The first kappa shape index (κ1) is 13.3. The van der Waals surface area contributed by atoms with Crippen LogP contribution in [0.5, 0.6) is 11.6 Å². The monoisotopic (exact) mass is 327 g/mol. The lowest BCUT2D eigenvalue weighted by Crippen LogP contribution is -1.94. The fourth-order valence-corrected chi connectivity index (χ4v) is 2.13. The Morgan fingerprint density at radius 1 is 1.33 bits per heavy atom. The average Bonchev–Trinajstić information content (AvgIpc) is 2.33. The van der Waals surface area contributed by atoms with Gasteiger partial charge in [-0.05, 0) is 52.7 Å². The third-order valence-corrected chi connectivity index (χ3v) is 3.20.